The van der Waals surface area contributed by atoms with Gasteiger partial charge >= 0.3 is 0 Å². The van der Waals surface area contributed by atoms with E-state index in [1.165, 1.54) is 17.3 Å². The van der Waals surface area contributed by atoms with E-state index < -0.39 is 0 Å². The van der Waals surface area contributed by atoms with Crippen molar-refractivity contribution in [2.45, 2.75) is 20.3 Å². The predicted molar refractivity (Wildman–Crippen MR) is 78.5 cm³/mol. The molecule has 3 aromatic rings. The summed E-state index contributed by atoms with van der Waals surface area (Å²) in [7, 11) is 0. The van der Waals surface area contributed by atoms with Gasteiger partial charge in [0.05, 0.1) is 0 Å². The molecular formula is C15H15N5O. The molecule has 0 aliphatic rings. The third-order valence-corrected chi connectivity index (χ3v) is 3.33. The molecule has 2 heterocycles. The van der Waals surface area contributed by atoms with Crippen molar-refractivity contribution in [3.8, 4) is 11.6 Å². The molecule has 2 aromatic heterocycles. The molecular weight excluding hydrogens is 266 g/mol. The van der Waals surface area contributed by atoms with Crippen LogP contribution in [-0.4, -0.2) is 20.1 Å². The quantitative estimate of drug-likeness (QED) is 0.792. The van der Waals surface area contributed by atoms with Gasteiger partial charge in [0.2, 0.25) is 0 Å². The summed E-state index contributed by atoms with van der Waals surface area (Å²) in [6, 6.07) is 6.28. The number of hydrogen-bond acceptors (Lipinski definition) is 6. The van der Waals surface area contributed by atoms with Crippen LogP contribution in [0.25, 0.3) is 11.6 Å². The van der Waals surface area contributed by atoms with Crippen molar-refractivity contribution < 1.29 is 4.52 Å². The van der Waals surface area contributed by atoms with E-state index in [4.69, 9.17) is 10.3 Å². The zero-order valence-corrected chi connectivity index (χ0v) is 11.9. The van der Waals surface area contributed by atoms with Gasteiger partial charge < -0.3 is 10.3 Å². The van der Waals surface area contributed by atoms with Crippen LogP contribution in [0.3, 0.4) is 0 Å². The minimum absolute atomic E-state index is 0.277. The molecule has 2 N–H and O–H groups in total. The molecule has 6 heteroatoms. The molecule has 0 radical (unpaired) electrons. The summed E-state index contributed by atoms with van der Waals surface area (Å²) < 4.78 is 5.21. The summed E-state index contributed by atoms with van der Waals surface area (Å²) in [5.41, 5.74) is 9.81. The van der Waals surface area contributed by atoms with E-state index in [-0.39, 0.29) is 5.82 Å². The van der Waals surface area contributed by atoms with Gasteiger partial charge in [0.15, 0.2) is 17.3 Å². The summed E-state index contributed by atoms with van der Waals surface area (Å²) in [6.45, 7) is 4.17. The third kappa shape index (κ3) is 2.74. The highest BCUT2D eigenvalue weighted by atomic mass is 16.5. The Balaban J connectivity index is 1.85. The van der Waals surface area contributed by atoms with Crippen molar-refractivity contribution in [3.05, 3.63) is 53.1 Å². The van der Waals surface area contributed by atoms with E-state index in [2.05, 4.69) is 52.2 Å². The highest BCUT2D eigenvalue weighted by Crippen LogP contribution is 2.20. The van der Waals surface area contributed by atoms with E-state index in [0.29, 0.717) is 23.8 Å². The number of benzene rings is 1. The van der Waals surface area contributed by atoms with E-state index in [9.17, 15) is 0 Å². The second kappa shape index (κ2) is 5.32. The second-order valence-corrected chi connectivity index (χ2v) is 4.90. The Hall–Kier alpha value is -2.76. The van der Waals surface area contributed by atoms with Gasteiger partial charge in [-0.2, -0.15) is 4.98 Å². The Kier molecular flexibility index (Phi) is 3.35. The zero-order valence-electron chi connectivity index (χ0n) is 11.9. The smallest absolute Gasteiger partial charge is 0.280 e. The van der Waals surface area contributed by atoms with Crippen LogP contribution < -0.4 is 5.73 Å². The van der Waals surface area contributed by atoms with Crippen LogP contribution in [0.4, 0.5) is 5.82 Å². The van der Waals surface area contributed by atoms with Gasteiger partial charge in [-0.25, -0.2) is 9.97 Å². The van der Waals surface area contributed by atoms with E-state index in [1.54, 1.807) is 6.20 Å². The highest BCUT2D eigenvalue weighted by molar-refractivity contribution is 5.61. The normalized spacial score (nSPS) is 10.8. The van der Waals surface area contributed by atoms with Crippen LogP contribution in [0.5, 0.6) is 0 Å². The highest BCUT2D eigenvalue weighted by Gasteiger charge is 2.14. The lowest BCUT2D eigenvalue weighted by molar-refractivity contribution is 0.422. The minimum atomic E-state index is 0.277. The van der Waals surface area contributed by atoms with Gasteiger partial charge in [-0.3, -0.25) is 0 Å². The van der Waals surface area contributed by atoms with Gasteiger partial charge in [-0.1, -0.05) is 23.4 Å². The van der Waals surface area contributed by atoms with Crippen molar-refractivity contribution >= 4 is 5.82 Å². The van der Waals surface area contributed by atoms with Crippen molar-refractivity contribution in [3.63, 3.8) is 0 Å². The fourth-order valence-corrected chi connectivity index (χ4v) is 2.03. The molecule has 21 heavy (non-hydrogen) atoms. The van der Waals surface area contributed by atoms with Gasteiger partial charge in [-0.15, -0.1) is 0 Å². The monoisotopic (exact) mass is 281 g/mol. The van der Waals surface area contributed by atoms with E-state index in [1.807, 2.05) is 0 Å². The fourth-order valence-electron chi connectivity index (χ4n) is 2.03. The molecule has 0 fully saturated rings. The number of nitrogens with zero attached hydrogens (tertiary/aromatic N) is 4. The Morgan fingerprint density at radius 3 is 2.67 bits per heavy atom. The first-order valence-electron chi connectivity index (χ1n) is 6.59. The van der Waals surface area contributed by atoms with Crippen LogP contribution in [0, 0.1) is 13.8 Å². The number of anilines is 1. The number of nitrogen functional groups attached to an aromatic ring is 1. The van der Waals surface area contributed by atoms with Crippen LogP contribution in [0.2, 0.25) is 0 Å². The zero-order chi connectivity index (χ0) is 14.8. The van der Waals surface area contributed by atoms with Crippen molar-refractivity contribution in [2.24, 2.45) is 0 Å². The lowest BCUT2D eigenvalue weighted by atomic mass is 10.0. The maximum Gasteiger partial charge on any atom is 0.280 e. The molecule has 3 rings (SSSR count). The molecule has 1 aromatic carbocycles. The predicted octanol–water partition coefficient (Wildman–Crippen LogP) is 2.32. The summed E-state index contributed by atoms with van der Waals surface area (Å²) in [6.07, 6.45) is 3.66. The first-order valence-corrected chi connectivity index (χ1v) is 6.59. The Morgan fingerprint density at radius 2 is 1.90 bits per heavy atom. The van der Waals surface area contributed by atoms with E-state index in [0.717, 1.165) is 5.56 Å². The van der Waals surface area contributed by atoms with Gasteiger partial charge in [0.25, 0.3) is 5.89 Å². The minimum Gasteiger partial charge on any atom is -0.382 e. The number of nitrogens with two attached hydrogens (primary N) is 1. The summed E-state index contributed by atoms with van der Waals surface area (Å²) in [5.74, 6) is 1.16. The first-order chi connectivity index (χ1) is 10.1. The molecule has 6 nitrogen and oxygen atoms in total. The van der Waals surface area contributed by atoms with Crippen LogP contribution in [0.1, 0.15) is 22.5 Å². The molecule has 0 unspecified atom stereocenters. The molecule has 0 spiro atoms. The van der Waals surface area contributed by atoms with Gasteiger partial charge in [-0.05, 0) is 30.5 Å². The molecule has 106 valence electrons. The number of rotatable bonds is 3. The van der Waals surface area contributed by atoms with Crippen LogP contribution >= 0.6 is 0 Å². The Labute approximate surface area is 122 Å². The third-order valence-electron chi connectivity index (χ3n) is 3.33. The molecule has 0 aliphatic carbocycles. The van der Waals surface area contributed by atoms with E-state index >= 15 is 0 Å². The molecule has 0 aliphatic heterocycles. The Bertz CT molecular complexity index is 781. The fraction of sp³-hybridized carbons (Fsp3) is 0.200. The molecule has 0 amide bonds. The number of aryl methyl sites for hydroxylation is 2. The molecule has 0 atom stereocenters. The van der Waals surface area contributed by atoms with Crippen LogP contribution in [-0.2, 0) is 6.42 Å². The van der Waals surface area contributed by atoms with Gasteiger partial charge in [0, 0.05) is 18.8 Å². The molecule has 0 saturated carbocycles. The standard InChI is InChI=1S/C15H15N5O/c1-9-3-4-11(7-10(9)2)8-12-19-15(21-20-12)13-14(16)18-6-5-17-13/h3-7H,8H2,1-2H3,(H2,16,18). The maximum absolute atomic E-state index is 5.75. The summed E-state index contributed by atoms with van der Waals surface area (Å²) in [5, 5.41) is 3.97. The van der Waals surface area contributed by atoms with Crippen molar-refractivity contribution in [2.75, 3.05) is 5.73 Å². The molecule has 0 bridgehead atoms. The number of aromatic nitrogens is 4. The maximum atomic E-state index is 5.75. The van der Waals surface area contributed by atoms with Crippen LogP contribution in [0.15, 0.2) is 35.1 Å². The van der Waals surface area contributed by atoms with Gasteiger partial charge in [0.1, 0.15) is 0 Å². The largest absolute Gasteiger partial charge is 0.382 e. The topological polar surface area (TPSA) is 90.7 Å². The average molecular weight is 281 g/mol. The van der Waals surface area contributed by atoms with Crippen molar-refractivity contribution in [1.82, 2.24) is 20.1 Å². The number of hydrogen-bond donors (Lipinski definition) is 1. The first kappa shape index (κ1) is 13.2. The summed E-state index contributed by atoms with van der Waals surface area (Å²) in [4.78, 5) is 12.4. The SMILES string of the molecule is Cc1ccc(Cc2noc(-c3nccnc3N)n2)cc1C. The summed E-state index contributed by atoms with van der Waals surface area (Å²) >= 11 is 0. The van der Waals surface area contributed by atoms with Crippen molar-refractivity contribution in [1.29, 1.82) is 0 Å². The Morgan fingerprint density at radius 1 is 1.10 bits per heavy atom. The second-order valence-electron chi connectivity index (χ2n) is 4.90. The lowest BCUT2D eigenvalue weighted by Gasteiger charge is -2.02. The average Bonchev–Trinajstić information content (AvgIpc) is 2.92. The molecule has 0 saturated heterocycles. The lowest BCUT2D eigenvalue weighted by Crippen LogP contribution is -1.96.